The fraction of sp³-hybridized carbons (Fsp3) is 0.409. The molecule has 2 aromatic rings. The highest BCUT2D eigenvalue weighted by Gasteiger charge is 2.37. The molecule has 29 heavy (non-hydrogen) atoms. The smallest absolute Gasteiger partial charge is 0.243 e. The SMILES string of the molecule is O=C(Nc1cccc2c1CCCC2)[C@@H]1CCCCN1S(=O)(=O)c1ccc(Br)cc1. The Hall–Kier alpha value is -1.70. The first-order valence-corrected chi connectivity index (χ1v) is 12.4. The van der Waals surface area contributed by atoms with Gasteiger partial charge in [-0.25, -0.2) is 8.42 Å². The second-order valence-corrected chi connectivity index (χ2v) is 10.5. The Morgan fingerprint density at radius 2 is 1.76 bits per heavy atom. The summed E-state index contributed by atoms with van der Waals surface area (Å²) in [7, 11) is -3.73. The molecule has 0 unspecified atom stereocenters. The van der Waals surface area contributed by atoms with Gasteiger partial charge >= 0.3 is 0 Å². The summed E-state index contributed by atoms with van der Waals surface area (Å²) in [5.74, 6) is -0.232. The lowest BCUT2D eigenvalue weighted by atomic mass is 9.90. The molecule has 1 aliphatic carbocycles. The van der Waals surface area contributed by atoms with Gasteiger partial charge in [0.25, 0.3) is 0 Å². The number of rotatable bonds is 4. The molecule has 1 atom stereocenters. The van der Waals surface area contributed by atoms with Gasteiger partial charge in [0, 0.05) is 16.7 Å². The highest BCUT2D eigenvalue weighted by atomic mass is 79.9. The van der Waals surface area contributed by atoms with Crippen LogP contribution in [0.1, 0.15) is 43.2 Å². The molecule has 5 nitrogen and oxygen atoms in total. The van der Waals surface area contributed by atoms with Gasteiger partial charge in [0.2, 0.25) is 15.9 Å². The molecule has 0 radical (unpaired) electrons. The maximum atomic E-state index is 13.2. The Labute approximate surface area is 180 Å². The summed E-state index contributed by atoms with van der Waals surface area (Å²) in [6.07, 6.45) is 6.43. The van der Waals surface area contributed by atoms with Crippen LogP contribution in [0.4, 0.5) is 5.69 Å². The number of carbonyl (C=O) groups excluding carboxylic acids is 1. The Balaban J connectivity index is 1.59. The summed E-state index contributed by atoms with van der Waals surface area (Å²) in [4.78, 5) is 13.4. The van der Waals surface area contributed by atoms with Crippen LogP contribution in [0.5, 0.6) is 0 Å². The summed E-state index contributed by atoms with van der Waals surface area (Å²) >= 11 is 3.34. The van der Waals surface area contributed by atoms with Crippen LogP contribution in [0.3, 0.4) is 0 Å². The van der Waals surface area contributed by atoms with Crippen molar-refractivity contribution in [2.75, 3.05) is 11.9 Å². The van der Waals surface area contributed by atoms with E-state index < -0.39 is 16.1 Å². The van der Waals surface area contributed by atoms with Crippen LogP contribution in [0.2, 0.25) is 0 Å². The fourth-order valence-electron chi connectivity index (χ4n) is 4.31. The van der Waals surface area contributed by atoms with E-state index in [4.69, 9.17) is 0 Å². The minimum atomic E-state index is -3.73. The summed E-state index contributed by atoms with van der Waals surface area (Å²) in [5, 5.41) is 3.05. The molecule has 1 amide bonds. The molecule has 1 heterocycles. The van der Waals surface area contributed by atoms with Gasteiger partial charge in [0.1, 0.15) is 6.04 Å². The van der Waals surface area contributed by atoms with Crippen molar-refractivity contribution < 1.29 is 13.2 Å². The van der Waals surface area contributed by atoms with Gasteiger partial charge in [-0.2, -0.15) is 4.31 Å². The zero-order valence-corrected chi connectivity index (χ0v) is 18.6. The number of halogens is 1. The Kier molecular flexibility index (Phi) is 6.08. The molecule has 1 fully saturated rings. The molecule has 0 spiro atoms. The van der Waals surface area contributed by atoms with Gasteiger partial charge in [0.05, 0.1) is 4.90 Å². The van der Waals surface area contributed by atoms with E-state index in [1.54, 1.807) is 24.3 Å². The van der Waals surface area contributed by atoms with E-state index >= 15 is 0 Å². The summed E-state index contributed by atoms with van der Waals surface area (Å²) < 4.78 is 28.7. The number of carbonyl (C=O) groups is 1. The number of benzene rings is 2. The lowest BCUT2D eigenvalue weighted by Gasteiger charge is -2.34. The highest BCUT2D eigenvalue weighted by molar-refractivity contribution is 9.10. The summed E-state index contributed by atoms with van der Waals surface area (Å²) in [5.41, 5.74) is 3.32. The van der Waals surface area contributed by atoms with E-state index in [2.05, 4.69) is 27.3 Å². The Bertz CT molecular complexity index is 1010. The van der Waals surface area contributed by atoms with Crippen molar-refractivity contribution in [3.05, 3.63) is 58.1 Å². The Morgan fingerprint density at radius 1 is 1.00 bits per heavy atom. The lowest BCUT2D eigenvalue weighted by Crippen LogP contribution is -2.49. The van der Waals surface area contributed by atoms with Gasteiger partial charge in [-0.05, 0) is 80.0 Å². The van der Waals surface area contributed by atoms with Crippen LogP contribution in [-0.2, 0) is 27.7 Å². The highest BCUT2D eigenvalue weighted by Crippen LogP contribution is 2.30. The maximum absolute atomic E-state index is 13.2. The first kappa shape index (κ1) is 20.6. The van der Waals surface area contributed by atoms with Crippen LogP contribution in [0.15, 0.2) is 51.8 Å². The third kappa shape index (κ3) is 4.27. The largest absolute Gasteiger partial charge is 0.324 e. The average molecular weight is 477 g/mol. The number of hydrogen-bond acceptors (Lipinski definition) is 3. The second-order valence-electron chi connectivity index (χ2n) is 7.72. The minimum absolute atomic E-state index is 0.220. The lowest BCUT2D eigenvalue weighted by molar-refractivity contribution is -0.120. The molecule has 7 heteroatoms. The predicted octanol–water partition coefficient (Wildman–Crippen LogP) is 4.51. The molecule has 4 rings (SSSR count). The number of aryl methyl sites for hydroxylation is 1. The summed E-state index contributed by atoms with van der Waals surface area (Å²) in [6, 6.07) is 11.9. The van der Waals surface area contributed by atoms with Gasteiger partial charge in [-0.1, -0.05) is 34.5 Å². The van der Waals surface area contributed by atoms with Crippen LogP contribution in [0, 0.1) is 0 Å². The van der Waals surface area contributed by atoms with Crippen molar-refractivity contribution in [3.63, 3.8) is 0 Å². The molecule has 154 valence electrons. The van der Waals surface area contributed by atoms with Crippen molar-refractivity contribution >= 4 is 37.5 Å². The Morgan fingerprint density at radius 3 is 2.55 bits per heavy atom. The van der Waals surface area contributed by atoms with Crippen molar-refractivity contribution in [2.45, 2.75) is 55.9 Å². The third-order valence-corrected chi connectivity index (χ3v) is 8.28. The molecule has 0 aromatic heterocycles. The number of piperidine rings is 1. The van der Waals surface area contributed by atoms with E-state index in [-0.39, 0.29) is 10.8 Å². The van der Waals surface area contributed by atoms with Crippen LogP contribution >= 0.6 is 15.9 Å². The molecule has 2 aromatic carbocycles. The third-order valence-electron chi connectivity index (χ3n) is 5.83. The van der Waals surface area contributed by atoms with Crippen LogP contribution in [0.25, 0.3) is 0 Å². The second kappa shape index (κ2) is 8.58. The molecule has 2 aliphatic rings. The molecular weight excluding hydrogens is 452 g/mol. The molecule has 0 saturated carbocycles. The minimum Gasteiger partial charge on any atom is -0.324 e. The van der Waals surface area contributed by atoms with E-state index in [0.29, 0.717) is 13.0 Å². The average Bonchev–Trinajstić information content (AvgIpc) is 2.74. The number of amides is 1. The van der Waals surface area contributed by atoms with Crippen molar-refractivity contribution in [3.8, 4) is 0 Å². The van der Waals surface area contributed by atoms with E-state index in [9.17, 15) is 13.2 Å². The van der Waals surface area contributed by atoms with Gasteiger partial charge < -0.3 is 5.32 Å². The quantitative estimate of drug-likeness (QED) is 0.705. The standard InChI is InChI=1S/C22H25BrN2O3S/c23-17-11-13-18(14-12-17)29(27,28)25-15-4-3-10-21(25)22(26)24-20-9-5-7-16-6-1-2-8-19(16)20/h5,7,9,11-14,21H,1-4,6,8,10,15H2,(H,24,26)/t21-/m0/s1. The number of nitrogens with zero attached hydrogens (tertiary/aromatic N) is 1. The van der Waals surface area contributed by atoms with Gasteiger partial charge in [-0.3, -0.25) is 4.79 Å². The topological polar surface area (TPSA) is 66.5 Å². The number of hydrogen-bond donors (Lipinski definition) is 1. The van der Waals surface area contributed by atoms with Crippen LogP contribution < -0.4 is 5.32 Å². The van der Waals surface area contributed by atoms with E-state index in [1.807, 2.05) is 12.1 Å². The number of nitrogens with one attached hydrogen (secondary N) is 1. The van der Waals surface area contributed by atoms with Crippen LogP contribution in [-0.4, -0.2) is 31.2 Å². The summed E-state index contributed by atoms with van der Waals surface area (Å²) in [6.45, 7) is 0.364. The van der Waals surface area contributed by atoms with Crippen molar-refractivity contribution in [1.82, 2.24) is 4.31 Å². The number of fused-ring (bicyclic) bond motifs is 1. The number of anilines is 1. The molecule has 0 bridgehead atoms. The molecule has 1 aliphatic heterocycles. The number of sulfonamides is 1. The van der Waals surface area contributed by atoms with Gasteiger partial charge in [0.15, 0.2) is 0 Å². The van der Waals surface area contributed by atoms with Crippen molar-refractivity contribution in [1.29, 1.82) is 0 Å². The van der Waals surface area contributed by atoms with Crippen molar-refractivity contribution in [2.24, 2.45) is 0 Å². The van der Waals surface area contributed by atoms with E-state index in [1.165, 1.54) is 21.9 Å². The monoisotopic (exact) mass is 476 g/mol. The zero-order valence-electron chi connectivity index (χ0n) is 16.2. The zero-order chi connectivity index (χ0) is 20.4. The molecule has 1 saturated heterocycles. The normalized spacial score (nSPS) is 20.1. The first-order chi connectivity index (χ1) is 14.0. The molecular formula is C22H25BrN2O3S. The molecule has 1 N–H and O–H groups in total. The predicted molar refractivity (Wildman–Crippen MR) is 117 cm³/mol. The first-order valence-electron chi connectivity index (χ1n) is 10.2. The van der Waals surface area contributed by atoms with Gasteiger partial charge in [-0.15, -0.1) is 0 Å². The van der Waals surface area contributed by atoms with E-state index in [0.717, 1.165) is 42.3 Å². The maximum Gasteiger partial charge on any atom is 0.243 e. The fourth-order valence-corrected chi connectivity index (χ4v) is 6.23.